The van der Waals surface area contributed by atoms with Crippen molar-refractivity contribution >= 4 is 39.4 Å². The average molecular weight is 600 g/mol. The summed E-state index contributed by atoms with van der Waals surface area (Å²) in [6, 6.07) is 4.59. The van der Waals surface area contributed by atoms with Crippen molar-refractivity contribution in [1.29, 1.82) is 0 Å². The maximum atomic E-state index is 13.7. The van der Waals surface area contributed by atoms with Crippen LogP contribution in [0.15, 0.2) is 30.4 Å². The Morgan fingerprint density at radius 1 is 1.14 bits per heavy atom. The highest BCUT2D eigenvalue weighted by atomic mass is 32.1. The van der Waals surface area contributed by atoms with Gasteiger partial charge in [0.15, 0.2) is 0 Å². The number of carbonyl (C=O) groups is 3. The molecule has 0 unspecified atom stereocenters. The average Bonchev–Trinajstić information content (AvgIpc) is 3.41. The molecule has 2 aromatic rings. The van der Waals surface area contributed by atoms with Crippen molar-refractivity contribution in [1.82, 2.24) is 36.1 Å². The number of aryl methyl sites for hydroxylation is 1. The number of ether oxygens (including phenoxy) is 1. The highest BCUT2D eigenvalue weighted by Crippen LogP contribution is 2.25. The molecule has 1 aromatic carbocycles. The van der Waals surface area contributed by atoms with Crippen LogP contribution in [0, 0.1) is 5.92 Å². The van der Waals surface area contributed by atoms with Gasteiger partial charge in [0.25, 0.3) is 0 Å². The third kappa shape index (κ3) is 8.97. The van der Waals surface area contributed by atoms with Crippen molar-refractivity contribution in [3.63, 3.8) is 0 Å². The minimum atomic E-state index is -0.832. The molecule has 230 valence electrons. The highest BCUT2D eigenvalue weighted by Gasteiger charge is 2.30. The molecule has 12 heteroatoms. The lowest BCUT2D eigenvalue weighted by Gasteiger charge is -2.33. The topological polar surface area (TPSA) is 128 Å². The second-order valence-corrected chi connectivity index (χ2v) is 12.3. The first-order valence-electron chi connectivity index (χ1n) is 14.9. The van der Waals surface area contributed by atoms with Crippen molar-refractivity contribution in [3.05, 3.63) is 40.9 Å². The fourth-order valence-electron chi connectivity index (χ4n) is 5.35. The summed E-state index contributed by atoms with van der Waals surface area (Å²) in [4.78, 5) is 48.2. The molecule has 4 rings (SSSR count). The van der Waals surface area contributed by atoms with Crippen LogP contribution in [0.1, 0.15) is 30.3 Å². The van der Waals surface area contributed by atoms with Crippen molar-refractivity contribution in [2.75, 3.05) is 66.6 Å². The molecule has 1 aromatic heterocycles. The number of piperazine rings is 1. The lowest BCUT2D eigenvalue weighted by molar-refractivity contribution is -0.125. The summed E-state index contributed by atoms with van der Waals surface area (Å²) in [7, 11) is 3.61. The predicted octanol–water partition coefficient (Wildman–Crippen LogP) is 1.53. The molecule has 11 nitrogen and oxygen atoms in total. The van der Waals surface area contributed by atoms with Gasteiger partial charge in [-0.25, -0.2) is 9.78 Å². The van der Waals surface area contributed by atoms with Crippen LogP contribution in [0.25, 0.3) is 10.2 Å². The Labute approximate surface area is 252 Å². The fourth-order valence-corrected chi connectivity index (χ4v) is 6.43. The van der Waals surface area contributed by atoms with Crippen LogP contribution in [-0.4, -0.2) is 111 Å². The van der Waals surface area contributed by atoms with Crippen LogP contribution in [0.4, 0.5) is 4.79 Å². The lowest BCUT2D eigenvalue weighted by atomic mass is 9.91. The van der Waals surface area contributed by atoms with Gasteiger partial charge in [-0.1, -0.05) is 19.6 Å². The van der Waals surface area contributed by atoms with Crippen LogP contribution in [0.5, 0.6) is 0 Å². The molecule has 42 heavy (non-hydrogen) atoms. The summed E-state index contributed by atoms with van der Waals surface area (Å²) in [5.74, 6) is -0.389. The molecule has 4 amide bonds. The predicted molar refractivity (Wildman–Crippen MR) is 166 cm³/mol. The number of hydrogen-bond acceptors (Lipinski definition) is 8. The van der Waals surface area contributed by atoms with E-state index in [2.05, 4.69) is 63.8 Å². The van der Waals surface area contributed by atoms with Gasteiger partial charge in [-0.3, -0.25) is 14.5 Å². The normalized spacial score (nSPS) is 18.3. The van der Waals surface area contributed by atoms with E-state index in [0.717, 1.165) is 60.7 Å². The third-order valence-corrected chi connectivity index (χ3v) is 9.15. The SMILES string of the molecule is C=C(CN1CCN(C)CC1)C(=O)NC[C@@H](NC(=O)[C@H](Cc1nc2ccc(CC)cc2s1)NC(=O)NC)C1CCOCC1. The molecule has 0 radical (unpaired) electrons. The zero-order valence-electron chi connectivity index (χ0n) is 25.0. The number of likely N-dealkylation sites (N-methyl/N-ethyl adjacent to an activating group) is 1. The minimum Gasteiger partial charge on any atom is -0.381 e. The van der Waals surface area contributed by atoms with Crippen molar-refractivity contribution in [2.45, 2.75) is 44.7 Å². The maximum Gasteiger partial charge on any atom is 0.315 e. The van der Waals surface area contributed by atoms with E-state index in [4.69, 9.17) is 9.72 Å². The summed E-state index contributed by atoms with van der Waals surface area (Å²) < 4.78 is 6.61. The molecule has 4 N–H and O–H groups in total. The van der Waals surface area contributed by atoms with Crippen LogP contribution in [-0.2, 0) is 27.2 Å². The molecular formula is C30H45N7O4S. The number of aromatic nitrogens is 1. The van der Waals surface area contributed by atoms with Gasteiger partial charge in [0.2, 0.25) is 11.8 Å². The van der Waals surface area contributed by atoms with Gasteiger partial charge in [-0.15, -0.1) is 11.3 Å². The van der Waals surface area contributed by atoms with E-state index in [1.165, 1.54) is 23.9 Å². The van der Waals surface area contributed by atoms with E-state index in [9.17, 15) is 14.4 Å². The van der Waals surface area contributed by atoms with Crippen LogP contribution >= 0.6 is 11.3 Å². The number of nitrogens with zero attached hydrogens (tertiary/aromatic N) is 3. The van der Waals surface area contributed by atoms with E-state index in [1.54, 1.807) is 0 Å². The van der Waals surface area contributed by atoms with Crippen LogP contribution in [0.2, 0.25) is 0 Å². The van der Waals surface area contributed by atoms with Gasteiger partial charge in [0.05, 0.1) is 15.2 Å². The molecule has 2 aliphatic rings. The van der Waals surface area contributed by atoms with E-state index in [-0.39, 0.29) is 36.7 Å². The number of benzene rings is 1. The molecule has 2 aliphatic heterocycles. The Kier molecular flexibility index (Phi) is 11.7. The number of hydrogen-bond donors (Lipinski definition) is 4. The Morgan fingerprint density at radius 3 is 2.57 bits per heavy atom. The van der Waals surface area contributed by atoms with Crippen LogP contribution in [0.3, 0.4) is 0 Å². The van der Waals surface area contributed by atoms with E-state index in [1.807, 2.05) is 6.07 Å². The number of carbonyl (C=O) groups excluding carboxylic acids is 3. The Bertz CT molecular complexity index is 1240. The Balaban J connectivity index is 1.42. The van der Waals surface area contributed by atoms with Gasteiger partial charge >= 0.3 is 6.03 Å². The molecule has 2 saturated heterocycles. The molecule has 2 fully saturated rings. The first-order valence-corrected chi connectivity index (χ1v) is 15.7. The summed E-state index contributed by atoms with van der Waals surface area (Å²) >= 11 is 1.53. The van der Waals surface area contributed by atoms with Crippen molar-refractivity contribution < 1.29 is 19.1 Å². The third-order valence-electron chi connectivity index (χ3n) is 8.11. The maximum absolute atomic E-state index is 13.7. The van der Waals surface area contributed by atoms with Crippen molar-refractivity contribution in [2.24, 2.45) is 5.92 Å². The molecule has 2 atom stereocenters. The Morgan fingerprint density at radius 2 is 1.88 bits per heavy atom. The summed E-state index contributed by atoms with van der Waals surface area (Å²) in [5, 5.41) is 12.3. The highest BCUT2D eigenvalue weighted by molar-refractivity contribution is 7.18. The van der Waals surface area contributed by atoms with Gasteiger partial charge in [0.1, 0.15) is 6.04 Å². The monoisotopic (exact) mass is 599 g/mol. The fraction of sp³-hybridized carbons (Fsp3) is 0.600. The quantitative estimate of drug-likeness (QED) is 0.273. The second kappa shape index (κ2) is 15.4. The zero-order chi connectivity index (χ0) is 30.1. The number of urea groups is 1. The van der Waals surface area contributed by atoms with Gasteiger partial charge in [0, 0.05) is 77.6 Å². The van der Waals surface area contributed by atoms with E-state index in [0.29, 0.717) is 25.3 Å². The minimum absolute atomic E-state index is 0.129. The number of fused-ring (bicyclic) bond motifs is 1. The first-order chi connectivity index (χ1) is 20.2. The number of nitrogens with one attached hydrogen (secondary N) is 4. The van der Waals surface area contributed by atoms with Gasteiger partial charge < -0.3 is 30.9 Å². The standard InChI is InChI=1S/C30H45N7O4S/c1-5-21-6-7-23-26(16-21)42-27(33-23)17-24(35-30(40)31-3)29(39)34-25(22-8-14-41-15-9-22)18-32-28(38)20(2)19-37-12-10-36(4)11-13-37/h6-7,16,22,24-25H,2,5,8-15,17-19H2,1,3-4H3,(H,32,38)(H,34,39)(H2,31,35,40)/t24-,25+/m0/s1. The molecule has 0 spiro atoms. The summed E-state index contributed by atoms with van der Waals surface area (Å²) in [6.07, 6.45) is 2.73. The van der Waals surface area contributed by atoms with Gasteiger partial charge in [-0.2, -0.15) is 0 Å². The number of amides is 4. The number of thiazole rings is 1. The Hall–Kier alpha value is -3.06. The summed E-state index contributed by atoms with van der Waals surface area (Å²) in [6.45, 7) is 11.9. The van der Waals surface area contributed by atoms with E-state index >= 15 is 0 Å². The first kappa shape index (κ1) is 31.9. The molecule has 0 aliphatic carbocycles. The molecule has 3 heterocycles. The zero-order valence-corrected chi connectivity index (χ0v) is 25.9. The number of rotatable bonds is 12. The largest absolute Gasteiger partial charge is 0.381 e. The van der Waals surface area contributed by atoms with Gasteiger partial charge in [-0.05, 0) is 49.9 Å². The smallest absolute Gasteiger partial charge is 0.315 e. The van der Waals surface area contributed by atoms with E-state index < -0.39 is 12.1 Å². The molecule has 0 bridgehead atoms. The lowest BCUT2D eigenvalue weighted by Crippen LogP contribution is -2.56. The summed E-state index contributed by atoms with van der Waals surface area (Å²) in [5.41, 5.74) is 2.62. The van der Waals surface area contributed by atoms with Crippen molar-refractivity contribution in [3.8, 4) is 0 Å². The van der Waals surface area contributed by atoms with Crippen LogP contribution < -0.4 is 21.3 Å². The molecular weight excluding hydrogens is 554 g/mol. The second-order valence-electron chi connectivity index (χ2n) is 11.2. The molecule has 0 saturated carbocycles.